The van der Waals surface area contributed by atoms with Crippen molar-refractivity contribution in [3.05, 3.63) is 23.8 Å². The number of esters is 2. The maximum absolute atomic E-state index is 12.5. The van der Waals surface area contributed by atoms with Gasteiger partial charge >= 0.3 is 11.9 Å². The molecule has 3 heterocycles. The van der Waals surface area contributed by atoms with Crippen molar-refractivity contribution < 1.29 is 29.3 Å². The summed E-state index contributed by atoms with van der Waals surface area (Å²) < 4.78 is 11.0. The number of cyclic esters (lactones) is 1. The fourth-order valence-electron chi connectivity index (χ4n) is 3.91. The van der Waals surface area contributed by atoms with Gasteiger partial charge in [-0.3, -0.25) is 4.90 Å². The van der Waals surface area contributed by atoms with E-state index in [9.17, 15) is 19.8 Å². The van der Waals surface area contributed by atoms with Crippen LogP contribution in [0.5, 0.6) is 0 Å². The molecule has 2 N–H and O–H groups in total. The molecule has 5 atom stereocenters. The highest BCUT2D eigenvalue weighted by Gasteiger charge is 2.51. The number of allylic oxidation sites excluding steroid dienone is 1. The molecule has 138 valence electrons. The van der Waals surface area contributed by atoms with Crippen LogP contribution >= 0.6 is 0 Å². The summed E-state index contributed by atoms with van der Waals surface area (Å²) in [6.45, 7) is 7.90. The number of hydrogen-bond donors (Lipinski definition) is 2. The second-order valence-electron chi connectivity index (χ2n) is 7.21. The lowest BCUT2D eigenvalue weighted by atomic mass is 9.90. The third-order valence-electron chi connectivity index (χ3n) is 5.62. The van der Waals surface area contributed by atoms with E-state index in [4.69, 9.17) is 9.47 Å². The predicted molar refractivity (Wildman–Crippen MR) is 88.5 cm³/mol. The van der Waals surface area contributed by atoms with Gasteiger partial charge in [0.15, 0.2) is 5.60 Å². The van der Waals surface area contributed by atoms with Crippen molar-refractivity contribution in [1.29, 1.82) is 0 Å². The van der Waals surface area contributed by atoms with E-state index in [1.807, 2.05) is 0 Å². The van der Waals surface area contributed by atoms with Crippen molar-refractivity contribution in [1.82, 2.24) is 4.90 Å². The van der Waals surface area contributed by atoms with E-state index in [0.29, 0.717) is 18.5 Å². The largest absolute Gasteiger partial charge is 0.463 e. The molecule has 3 saturated heterocycles. The van der Waals surface area contributed by atoms with Gasteiger partial charge in [-0.25, -0.2) is 9.59 Å². The summed E-state index contributed by atoms with van der Waals surface area (Å²) in [6.07, 6.45) is 1.30. The average molecular weight is 351 g/mol. The van der Waals surface area contributed by atoms with Crippen molar-refractivity contribution in [3.63, 3.8) is 0 Å². The van der Waals surface area contributed by atoms with Gasteiger partial charge in [-0.1, -0.05) is 12.7 Å². The molecule has 7 heteroatoms. The summed E-state index contributed by atoms with van der Waals surface area (Å²) in [6, 6.07) is -0.183. The van der Waals surface area contributed by atoms with Gasteiger partial charge in [0.25, 0.3) is 0 Å². The quantitative estimate of drug-likeness (QED) is 0.365. The predicted octanol–water partition coefficient (Wildman–Crippen LogP) is 0.164. The first kappa shape index (κ1) is 18.1. The zero-order valence-electron chi connectivity index (χ0n) is 14.6. The molecule has 0 aromatic rings. The van der Waals surface area contributed by atoms with E-state index < -0.39 is 23.6 Å². The van der Waals surface area contributed by atoms with E-state index >= 15 is 0 Å². The van der Waals surface area contributed by atoms with Gasteiger partial charge in [-0.2, -0.15) is 0 Å². The van der Waals surface area contributed by atoms with E-state index in [1.54, 1.807) is 13.0 Å². The highest BCUT2D eigenvalue weighted by atomic mass is 16.6. The molecular formula is C18H25NO6. The average Bonchev–Trinajstić information content (AvgIpc) is 3.08. The Morgan fingerprint density at radius 1 is 1.40 bits per heavy atom. The zero-order chi connectivity index (χ0) is 18.4. The fourth-order valence-corrected chi connectivity index (χ4v) is 3.91. The lowest BCUT2D eigenvalue weighted by molar-refractivity contribution is -0.164. The summed E-state index contributed by atoms with van der Waals surface area (Å²) in [5, 5.41) is 20.8. The Balaban J connectivity index is 1.93. The number of aliphatic hydroxyl groups excluding tert-OH is 1. The van der Waals surface area contributed by atoms with Crippen LogP contribution in [0.3, 0.4) is 0 Å². The van der Waals surface area contributed by atoms with Crippen LogP contribution in [0.15, 0.2) is 23.8 Å². The molecular weight excluding hydrogens is 326 g/mol. The Hall–Kier alpha value is -1.70. The Labute approximate surface area is 146 Å². The molecule has 0 spiro atoms. The highest BCUT2D eigenvalue weighted by molar-refractivity contribution is 5.90. The smallest absolute Gasteiger partial charge is 0.342 e. The number of hydrogen-bond acceptors (Lipinski definition) is 7. The molecule has 3 rings (SSSR count). The number of rotatable bonds is 0. The molecule has 0 aliphatic carbocycles. The van der Waals surface area contributed by atoms with Crippen LogP contribution in [-0.4, -0.2) is 70.6 Å². The fraction of sp³-hybridized carbons (Fsp3) is 0.667. The molecule has 0 aromatic heterocycles. The van der Waals surface area contributed by atoms with Gasteiger partial charge in [-0.15, -0.1) is 0 Å². The van der Waals surface area contributed by atoms with Crippen LogP contribution in [0.25, 0.3) is 0 Å². The molecule has 0 bridgehead atoms. The van der Waals surface area contributed by atoms with Crippen molar-refractivity contribution in [3.8, 4) is 0 Å². The lowest BCUT2D eigenvalue weighted by Gasteiger charge is -2.30. The van der Waals surface area contributed by atoms with Crippen molar-refractivity contribution >= 4 is 11.9 Å². The molecule has 3 fully saturated rings. The number of carbonyl (C=O) groups is 2. The normalized spacial score (nSPS) is 41.8. The van der Waals surface area contributed by atoms with E-state index in [0.717, 1.165) is 6.54 Å². The third-order valence-corrected chi connectivity index (χ3v) is 5.62. The van der Waals surface area contributed by atoms with Crippen molar-refractivity contribution in [2.75, 3.05) is 19.7 Å². The van der Waals surface area contributed by atoms with Crippen LogP contribution in [0.1, 0.15) is 26.7 Å². The highest BCUT2D eigenvalue weighted by Crippen LogP contribution is 2.37. The van der Waals surface area contributed by atoms with Gasteiger partial charge < -0.3 is 19.7 Å². The minimum atomic E-state index is -1.91. The molecule has 25 heavy (non-hydrogen) atoms. The van der Waals surface area contributed by atoms with E-state index in [-0.39, 0.29) is 36.7 Å². The second kappa shape index (κ2) is 6.55. The Kier molecular flexibility index (Phi) is 4.74. The molecule has 0 amide bonds. The first-order valence-electron chi connectivity index (χ1n) is 8.61. The van der Waals surface area contributed by atoms with Crippen LogP contribution in [0.2, 0.25) is 0 Å². The first-order valence-corrected chi connectivity index (χ1v) is 8.61. The molecule has 3 unspecified atom stereocenters. The summed E-state index contributed by atoms with van der Waals surface area (Å²) in [7, 11) is 0. The third kappa shape index (κ3) is 3.12. The van der Waals surface area contributed by atoms with Gasteiger partial charge in [0.2, 0.25) is 0 Å². The first-order chi connectivity index (χ1) is 11.8. The van der Waals surface area contributed by atoms with E-state index in [2.05, 4.69) is 11.5 Å². The lowest BCUT2D eigenvalue weighted by Crippen LogP contribution is -2.44. The molecule has 3 aliphatic rings. The standard InChI is InChI=1S/C18H25NO6/c1-4-11-7-10(2)18(3,23)17(22)24-9-12-13(20)8-19-6-5-14(15(12)19)25-16(11)21/h4,12-15,20,23H,2,5-9H2,1,3H3/b11-4-/t12?,13-,14?,15?,18-/m1/s1. The van der Waals surface area contributed by atoms with Crippen LogP contribution in [0, 0.1) is 5.92 Å². The maximum Gasteiger partial charge on any atom is 0.342 e. The van der Waals surface area contributed by atoms with Gasteiger partial charge in [0.05, 0.1) is 18.8 Å². The minimum Gasteiger partial charge on any atom is -0.463 e. The summed E-state index contributed by atoms with van der Waals surface area (Å²) >= 11 is 0. The monoisotopic (exact) mass is 351 g/mol. The van der Waals surface area contributed by atoms with Crippen LogP contribution in [0.4, 0.5) is 0 Å². The van der Waals surface area contributed by atoms with Crippen molar-refractivity contribution in [2.45, 2.75) is 50.5 Å². The van der Waals surface area contributed by atoms with Gasteiger partial charge in [0, 0.05) is 31.0 Å². The zero-order valence-corrected chi connectivity index (χ0v) is 14.6. The van der Waals surface area contributed by atoms with Crippen LogP contribution in [-0.2, 0) is 19.1 Å². The molecule has 0 aromatic carbocycles. The van der Waals surface area contributed by atoms with Crippen molar-refractivity contribution in [2.24, 2.45) is 5.92 Å². The summed E-state index contributed by atoms with van der Waals surface area (Å²) in [4.78, 5) is 27.0. The van der Waals surface area contributed by atoms with Crippen LogP contribution < -0.4 is 0 Å². The topological polar surface area (TPSA) is 96.3 Å². The molecule has 0 radical (unpaired) electrons. The van der Waals surface area contributed by atoms with Gasteiger partial charge in [0.1, 0.15) is 6.10 Å². The molecule has 3 aliphatic heterocycles. The maximum atomic E-state index is 12.5. The second-order valence-corrected chi connectivity index (χ2v) is 7.21. The number of carbonyl (C=O) groups excluding carboxylic acids is 2. The molecule has 0 saturated carbocycles. The number of ether oxygens (including phenoxy) is 2. The molecule has 7 nitrogen and oxygen atoms in total. The SMILES string of the molecule is C=C1C/C(=C/C)C(=O)OC2CCN3C[C@@H](O)C(COC(=O)[C@]1(C)O)C23. The Morgan fingerprint density at radius 3 is 2.80 bits per heavy atom. The Morgan fingerprint density at radius 2 is 2.12 bits per heavy atom. The number of nitrogens with zero attached hydrogens (tertiary/aromatic N) is 1. The summed E-state index contributed by atoms with van der Waals surface area (Å²) in [5.41, 5.74) is -1.40. The number of aliphatic hydroxyl groups is 2. The Bertz CT molecular complexity index is 625. The summed E-state index contributed by atoms with van der Waals surface area (Å²) in [5.74, 6) is -1.65. The van der Waals surface area contributed by atoms with Gasteiger partial charge in [-0.05, 0) is 25.8 Å². The van der Waals surface area contributed by atoms with E-state index in [1.165, 1.54) is 6.92 Å². The minimum absolute atomic E-state index is 0.0323.